The molecule has 5 heteroatoms. The predicted molar refractivity (Wildman–Crippen MR) is 80.3 cm³/mol. The summed E-state index contributed by atoms with van der Waals surface area (Å²) < 4.78 is 13.5. The van der Waals surface area contributed by atoms with Gasteiger partial charge in [0.05, 0.1) is 5.56 Å². The molecule has 0 fully saturated rings. The van der Waals surface area contributed by atoms with Crippen molar-refractivity contribution in [2.75, 3.05) is 5.32 Å². The maximum atomic E-state index is 13.5. The number of halogens is 1. The lowest BCUT2D eigenvalue weighted by atomic mass is 10.1. The van der Waals surface area contributed by atoms with Crippen molar-refractivity contribution < 1.29 is 19.1 Å². The first-order chi connectivity index (χ1) is 10.0. The summed E-state index contributed by atoms with van der Waals surface area (Å²) in [5.41, 5.74) is 0.680. The fourth-order valence-electron chi connectivity index (χ4n) is 1.97. The van der Waals surface area contributed by atoms with Crippen LogP contribution in [0.4, 0.5) is 10.1 Å². The van der Waals surface area contributed by atoms with Gasteiger partial charge in [0.2, 0.25) is 5.91 Å². The molecule has 1 aromatic carbocycles. The van der Waals surface area contributed by atoms with Crippen LogP contribution >= 0.6 is 0 Å². The lowest BCUT2D eigenvalue weighted by molar-refractivity contribution is -0.116. The molecule has 2 N–H and O–H groups in total. The topological polar surface area (TPSA) is 66.4 Å². The van der Waals surface area contributed by atoms with E-state index in [1.165, 1.54) is 24.3 Å². The summed E-state index contributed by atoms with van der Waals surface area (Å²) in [7, 11) is 0. The van der Waals surface area contributed by atoms with E-state index in [-0.39, 0.29) is 24.3 Å². The molecule has 0 spiro atoms. The van der Waals surface area contributed by atoms with Crippen LogP contribution in [0.3, 0.4) is 0 Å². The van der Waals surface area contributed by atoms with E-state index in [4.69, 9.17) is 5.11 Å². The molecule has 21 heavy (non-hydrogen) atoms. The first-order valence-electron chi connectivity index (χ1n) is 7.30. The van der Waals surface area contributed by atoms with Gasteiger partial charge >= 0.3 is 5.97 Å². The number of aromatic carboxylic acids is 1. The minimum atomic E-state index is -1.01. The van der Waals surface area contributed by atoms with Crippen LogP contribution in [0.1, 0.15) is 55.8 Å². The maximum Gasteiger partial charge on any atom is 0.335 e. The summed E-state index contributed by atoms with van der Waals surface area (Å²) in [6, 6.07) is 5.88. The number of carbonyl (C=O) groups is 2. The number of carboxylic acid groups (broad SMARTS) is 1. The zero-order chi connectivity index (χ0) is 15.7. The van der Waals surface area contributed by atoms with Crippen molar-refractivity contribution in [3.63, 3.8) is 0 Å². The van der Waals surface area contributed by atoms with Crippen LogP contribution in [0.5, 0.6) is 0 Å². The zero-order valence-electron chi connectivity index (χ0n) is 12.3. The molecule has 0 heterocycles. The molecule has 1 rings (SSSR count). The number of carbonyl (C=O) groups excluding carboxylic acids is 1. The number of hydrogen-bond donors (Lipinski definition) is 2. The summed E-state index contributed by atoms with van der Waals surface area (Å²) >= 11 is 0. The first-order valence-corrected chi connectivity index (χ1v) is 7.30. The van der Waals surface area contributed by atoms with Gasteiger partial charge < -0.3 is 10.4 Å². The Labute approximate surface area is 124 Å². The Kier molecular flexibility index (Phi) is 7.43. The highest BCUT2D eigenvalue weighted by molar-refractivity contribution is 5.92. The van der Waals surface area contributed by atoms with Gasteiger partial charge in [0, 0.05) is 12.1 Å². The molecule has 116 valence electrons. The van der Waals surface area contributed by atoms with Gasteiger partial charge in [-0.05, 0) is 37.1 Å². The first kappa shape index (κ1) is 17.1. The van der Waals surface area contributed by atoms with Gasteiger partial charge in [-0.3, -0.25) is 4.79 Å². The van der Waals surface area contributed by atoms with Crippen LogP contribution in [0.2, 0.25) is 0 Å². The lowest BCUT2D eigenvalue weighted by Crippen LogP contribution is -2.14. The second kappa shape index (κ2) is 9.10. The van der Waals surface area contributed by atoms with E-state index in [0.717, 1.165) is 19.3 Å². The number of rotatable bonds is 9. The van der Waals surface area contributed by atoms with Gasteiger partial charge in [-0.15, -0.1) is 0 Å². The average Bonchev–Trinajstić information content (AvgIpc) is 2.46. The molecule has 1 aromatic rings. The standard InChI is InChI=1S/C16H22FNO3/c1-2-3-4-5-13(17)8-11-15(19)18-14-9-6-12(7-10-14)16(20)21/h6-7,9-10,13H,2-5,8,11H2,1H3,(H,18,19)(H,20,21). The number of amides is 1. The van der Waals surface area contributed by atoms with E-state index >= 15 is 0 Å². The number of unbranched alkanes of at least 4 members (excludes halogenated alkanes) is 2. The van der Waals surface area contributed by atoms with Gasteiger partial charge in [-0.2, -0.15) is 0 Å². The second-order valence-corrected chi connectivity index (χ2v) is 5.06. The Morgan fingerprint density at radius 1 is 1.19 bits per heavy atom. The summed E-state index contributed by atoms with van der Waals surface area (Å²) in [4.78, 5) is 22.4. The Morgan fingerprint density at radius 2 is 1.86 bits per heavy atom. The second-order valence-electron chi connectivity index (χ2n) is 5.06. The third-order valence-electron chi connectivity index (χ3n) is 3.22. The number of anilines is 1. The Bertz CT molecular complexity index is 459. The Hall–Kier alpha value is -1.91. The lowest BCUT2D eigenvalue weighted by Gasteiger charge is -2.08. The summed E-state index contributed by atoms with van der Waals surface area (Å²) in [5, 5.41) is 11.4. The van der Waals surface area contributed by atoms with E-state index in [0.29, 0.717) is 12.1 Å². The van der Waals surface area contributed by atoms with E-state index < -0.39 is 12.1 Å². The fraction of sp³-hybridized carbons (Fsp3) is 0.500. The molecule has 0 radical (unpaired) electrons. The molecule has 0 saturated heterocycles. The Balaban J connectivity index is 2.31. The Morgan fingerprint density at radius 3 is 2.43 bits per heavy atom. The fourth-order valence-corrected chi connectivity index (χ4v) is 1.97. The average molecular weight is 295 g/mol. The van der Waals surface area contributed by atoms with Crippen molar-refractivity contribution >= 4 is 17.6 Å². The van der Waals surface area contributed by atoms with Crippen molar-refractivity contribution in [3.05, 3.63) is 29.8 Å². The molecular weight excluding hydrogens is 273 g/mol. The minimum Gasteiger partial charge on any atom is -0.478 e. The van der Waals surface area contributed by atoms with E-state index in [1.807, 2.05) is 0 Å². The van der Waals surface area contributed by atoms with E-state index in [1.54, 1.807) is 0 Å². The number of benzene rings is 1. The van der Waals surface area contributed by atoms with Crippen molar-refractivity contribution in [3.8, 4) is 0 Å². The molecule has 1 unspecified atom stereocenters. The van der Waals surface area contributed by atoms with Crippen LogP contribution in [0, 0.1) is 0 Å². The summed E-state index contributed by atoms with van der Waals surface area (Å²) in [5.74, 6) is -1.27. The molecule has 0 aromatic heterocycles. The molecule has 1 atom stereocenters. The highest BCUT2D eigenvalue weighted by Gasteiger charge is 2.10. The van der Waals surface area contributed by atoms with Gasteiger partial charge in [0.25, 0.3) is 0 Å². The third-order valence-corrected chi connectivity index (χ3v) is 3.22. The molecule has 4 nitrogen and oxygen atoms in total. The SMILES string of the molecule is CCCCCC(F)CCC(=O)Nc1ccc(C(=O)O)cc1. The quantitative estimate of drug-likeness (QED) is 0.676. The molecule has 0 aliphatic rings. The minimum absolute atomic E-state index is 0.133. The van der Waals surface area contributed by atoms with Crippen LogP contribution in [0.15, 0.2) is 24.3 Å². The molecule has 0 aliphatic heterocycles. The highest BCUT2D eigenvalue weighted by atomic mass is 19.1. The molecular formula is C16H22FNO3. The monoisotopic (exact) mass is 295 g/mol. The van der Waals surface area contributed by atoms with E-state index in [9.17, 15) is 14.0 Å². The van der Waals surface area contributed by atoms with E-state index in [2.05, 4.69) is 12.2 Å². The van der Waals surface area contributed by atoms with Crippen LogP contribution in [0.25, 0.3) is 0 Å². The number of carboxylic acids is 1. The van der Waals surface area contributed by atoms with Gasteiger partial charge in [-0.1, -0.05) is 26.2 Å². The number of hydrogen-bond acceptors (Lipinski definition) is 2. The van der Waals surface area contributed by atoms with Gasteiger partial charge in [-0.25, -0.2) is 9.18 Å². The maximum absolute atomic E-state index is 13.5. The van der Waals surface area contributed by atoms with Crippen LogP contribution in [-0.4, -0.2) is 23.2 Å². The smallest absolute Gasteiger partial charge is 0.335 e. The molecule has 0 aliphatic carbocycles. The summed E-state index contributed by atoms with van der Waals surface area (Å²) in [6.07, 6.45) is 2.86. The number of nitrogens with one attached hydrogen (secondary N) is 1. The van der Waals surface area contributed by atoms with Crippen molar-refractivity contribution in [2.24, 2.45) is 0 Å². The number of alkyl halides is 1. The normalized spacial score (nSPS) is 11.9. The van der Waals surface area contributed by atoms with Crippen molar-refractivity contribution in [1.82, 2.24) is 0 Å². The van der Waals surface area contributed by atoms with Gasteiger partial charge in [0.15, 0.2) is 0 Å². The van der Waals surface area contributed by atoms with Crippen molar-refractivity contribution in [1.29, 1.82) is 0 Å². The van der Waals surface area contributed by atoms with Gasteiger partial charge in [0.1, 0.15) is 6.17 Å². The largest absolute Gasteiger partial charge is 0.478 e. The predicted octanol–water partition coefficient (Wildman–Crippen LogP) is 4.02. The van der Waals surface area contributed by atoms with Crippen LogP contribution in [-0.2, 0) is 4.79 Å². The summed E-state index contributed by atoms with van der Waals surface area (Å²) in [6.45, 7) is 2.07. The van der Waals surface area contributed by atoms with Crippen molar-refractivity contribution in [2.45, 2.75) is 51.6 Å². The third kappa shape index (κ3) is 6.88. The molecule has 0 saturated carbocycles. The molecule has 0 bridgehead atoms. The zero-order valence-corrected chi connectivity index (χ0v) is 12.3. The highest BCUT2D eigenvalue weighted by Crippen LogP contribution is 2.14. The van der Waals surface area contributed by atoms with Crippen LogP contribution < -0.4 is 5.32 Å². The molecule has 1 amide bonds.